The van der Waals surface area contributed by atoms with Gasteiger partial charge in [0.15, 0.2) is 0 Å². The molecule has 2 aliphatic carbocycles. The molecular weight excluding hydrogens is 324 g/mol. The van der Waals surface area contributed by atoms with Crippen LogP contribution in [-0.2, 0) is 4.79 Å². The van der Waals surface area contributed by atoms with Crippen molar-refractivity contribution in [3.8, 4) is 0 Å². The topological polar surface area (TPSA) is 88.8 Å². The van der Waals surface area contributed by atoms with Crippen molar-refractivity contribution in [1.82, 2.24) is 5.32 Å². The van der Waals surface area contributed by atoms with E-state index < -0.39 is 0 Å². The Kier molecular flexibility index (Phi) is 6.00. The van der Waals surface area contributed by atoms with E-state index in [0.29, 0.717) is 5.71 Å². The second-order valence-electron chi connectivity index (χ2n) is 6.88. The molecule has 0 radical (unpaired) electrons. The first-order chi connectivity index (χ1) is 12.7. The monoisotopic (exact) mass is 350 g/mol. The van der Waals surface area contributed by atoms with Crippen molar-refractivity contribution >= 4 is 23.5 Å². The third-order valence-electron chi connectivity index (χ3n) is 5.00. The van der Waals surface area contributed by atoms with Crippen molar-refractivity contribution in [2.75, 3.05) is 5.32 Å². The van der Waals surface area contributed by atoms with E-state index >= 15 is 0 Å². The number of anilines is 1. The Hall–Kier alpha value is -2.69. The lowest BCUT2D eigenvalue weighted by Crippen LogP contribution is -2.39. The number of para-hydroxylation sites is 1. The van der Waals surface area contributed by atoms with Gasteiger partial charge in [0.2, 0.25) is 5.91 Å². The molecule has 0 saturated heterocycles. The summed E-state index contributed by atoms with van der Waals surface area (Å²) in [6, 6.07) is 9.75. The molecule has 1 atom stereocenters. The maximum absolute atomic E-state index is 12.4. The second kappa shape index (κ2) is 8.61. The Labute approximate surface area is 154 Å². The van der Waals surface area contributed by atoms with E-state index in [4.69, 9.17) is 10.8 Å². The van der Waals surface area contributed by atoms with Crippen LogP contribution in [0.1, 0.15) is 44.9 Å². The number of allylic oxidation sites excluding steroid dienone is 2. The van der Waals surface area contributed by atoms with E-state index in [2.05, 4.69) is 10.6 Å². The largest absolute Gasteiger partial charge is 0.359 e. The smallest absolute Gasteiger partial charge is 0.244 e. The first kappa shape index (κ1) is 18.1. The van der Waals surface area contributed by atoms with Gasteiger partial charge in [-0.3, -0.25) is 4.79 Å². The van der Waals surface area contributed by atoms with Crippen LogP contribution in [0, 0.1) is 10.8 Å². The summed E-state index contributed by atoms with van der Waals surface area (Å²) >= 11 is 0. The van der Waals surface area contributed by atoms with Gasteiger partial charge < -0.3 is 21.5 Å². The van der Waals surface area contributed by atoms with Crippen molar-refractivity contribution in [1.29, 1.82) is 10.8 Å². The van der Waals surface area contributed by atoms with E-state index in [0.717, 1.165) is 67.5 Å². The minimum absolute atomic E-state index is 0.156. The number of carbonyl (C=O) groups is 1. The summed E-state index contributed by atoms with van der Waals surface area (Å²) in [6.07, 6.45) is 9.26. The summed E-state index contributed by atoms with van der Waals surface area (Å²) in [6.45, 7) is 0. The Bertz CT molecular complexity index is 749. The van der Waals surface area contributed by atoms with Crippen LogP contribution in [0.2, 0.25) is 0 Å². The third-order valence-corrected chi connectivity index (χ3v) is 5.00. The fourth-order valence-electron chi connectivity index (χ4n) is 3.62. The van der Waals surface area contributed by atoms with Crippen molar-refractivity contribution in [2.45, 2.75) is 51.0 Å². The summed E-state index contributed by atoms with van der Waals surface area (Å²) in [5.41, 5.74) is 4.27. The zero-order valence-corrected chi connectivity index (χ0v) is 15.0. The van der Waals surface area contributed by atoms with E-state index in [9.17, 15) is 4.79 Å². The van der Waals surface area contributed by atoms with Gasteiger partial charge in [0.05, 0.1) is 6.04 Å². The molecule has 5 heteroatoms. The first-order valence-corrected chi connectivity index (χ1v) is 9.32. The van der Waals surface area contributed by atoms with Crippen LogP contribution < -0.4 is 10.6 Å². The Balaban J connectivity index is 1.73. The van der Waals surface area contributed by atoms with Gasteiger partial charge in [-0.2, -0.15) is 0 Å². The SMILES string of the molecule is N=CC1=C(Nc2ccccc2)CCCC1NC(=O)/C=C1\CCCCC1=N. The number of hydrogen-bond donors (Lipinski definition) is 4. The van der Waals surface area contributed by atoms with Gasteiger partial charge in [-0.05, 0) is 62.7 Å². The molecule has 1 unspecified atom stereocenters. The molecule has 0 aliphatic heterocycles. The molecule has 4 N–H and O–H groups in total. The number of rotatable bonds is 5. The van der Waals surface area contributed by atoms with Crippen LogP contribution in [0.3, 0.4) is 0 Å². The van der Waals surface area contributed by atoms with Crippen LogP contribution in [0.15, 0.2) is 53.3 Å². The lowest BCUT2D eigenvalue weighted by molar-refractivity contribution is -0.117. The van der Waals surface area contributed by atoms with Crippen LogP contribution in [0.25, 0.3) is 0 Å². The van der Waals surface area contributed by atoms with Gasteiger partial charge in [-0.1, -0.05) is 18.2 Å². The molecule has 0 aromatic heterocycles. The van der Waals surface area contributed by atoms with Gasteiger partial charge >= 0.3 is 0 Å². The van der Waals surface area contributed by atoms with Crippen molar-refractivity contribution in [3.63, 3.8) is 0 Å². The molecule has 5 nitrogen and oxygen atoms in total. The number of carbonyl (C=O) groups excluding carboxylic acids is 1. The molecule has 3 rings (SSSR count). The lowest BCUT2D eigenvalue weighted by Gasteiger charge is -2.28. The summed E-state index contributed by atoms with van der Waals surface area (Å²) in [5.74, 6) is -0.156. The van der Waals surface area contributed by atoms with E-state index in [1.807, 2.05) is 30.3 Å². The third kappa shape index (κ3) is 4.48. The van der Waals surface area contributed by atoms with Crippen molar-refractivity contribution in [2.24, 2.45) is 0 Å². The predicted molar refractivity (Wildman–Crippen MR) is 106 cm³/mol. The van der Waals surface area contributed by atoms with E-state index in [1.165, 1.54) is 6.21 Å². The highest BCUT2D eigenvalue weighted by molar-refractivity contribution is 6.04. The number of benzene rings is 1. The lowest BCUT2D eigenvalue weighted by atomic mass is 9.90. The van der Waals surface area contributed by atoms with Gasteiger partial charge in [-0.25, -0.2) is 0 Å². The number of nitrogens with one attached hydrogen (secondary N) is 4. The fourth-order valence-corrected chi connectivity index (χ4v) is 3.62. The fraction of sp³-hybridized carbons (Fsp3) is 0.381. The number of amides is 1. The molecule has 0 heterocycles. The second-order valence-corrected chi connectivity index (χ2v) is 6.88. The highest BCUT2D eigenvalue weighted by atomic mass is 16.1. The zero-order chi connectivity index (χ0) is 18.4. The predicted octanol–water partition coefficient (Wildman–Crippen LogP) is 4.19. The first-order valence-electron chi connectivity index (χ1n) is 9.32. The molecule has 0 bridgehead atoms. The zero-order valence-electron chi connectivity index (χ0n) is 15.0. The average molecular weight is 350 g/mol. The maximum atomic E-state index is 12.4. The van der Waals surface area contributed by atoms with Gasteiger partial charge in [0, 0.05) is 35.0 Å². The Morgan fingerprint density at radius 1 is 1.08 bits per heavy atom. The van der Waals surface area contributed by atoms with Crippen LogP contribution in [0.4, 0.5) is 5.69 Å². The van der Waals surface area contributed by atoms with Gasteiger partial charge in [0.1, 0.15) is 0 Å². The van der Waals surface area contributed by atoms with E-state index in [-0.39, 0.29) is 11.9 Å². The summed E-state index contributed by atoms with van der Waals surface area (Å²) < 4.78 is 0. The average Bonchev–Trinajstić information content (AvgIpc) is 2.65. The van der Waals surface area contributed by atoms with E-state index in [1.54, 1.807) is 6.08 Å². The standard InChI is InChI=1S/C21H26N4O/c22-14-17-19(24-16-8-2-1-3-9-16)11-6-12-20(17)25-21(26)13-15-7-4-5-10-18(15)23/h1-3,8-9,13-14,20,22-24H,4-7,10-12H2,(H,25,26)/b15-13+,22-14?,23-18?. The minimum Gasteiger partial charge on any atom is -0.359 e. The summed E-state index contributed by atoms with van der Waals surface area (Å²) in [7, 11) is 0. The van der Waals surface area contributed by atoms with Crippen LogP contribution in [-0.4, -0.2) is 23.9 Å². The van der Waals surface area contributed by atoms with Crippen LogP contribution in [0.5, 0.6) is 0 Å². The highest BCUT2D eigenvalue weighted by Gasteiger charge is 2.23. The molecular formula is C21H26N4O. The molecule has 1 aromatic rings. The van der Waals surface area contributed by atoms with Crippen LogP contribution >= 0.6 is 0 Å². The van der Waals surface area contributed by atoms with Crippen molar-refractivity contribution in [3.05, 3.63) is 53.3 Å². The highest BCUT2D eigenvalue weighted by Crippen LogP contribution is 2.26. The minimum atomic E-state index is -0.158. The maximum Gasteiger partial charge on any atom is 0.244 e. The molecule has 1 saturated carbocycles. The summed E-state index contributed by atoms with van der Waals surface area (Å²) in [5, 5.41) is 22.3. The van der Waals surface area contributed by atoms with Gasteiger partial charge in [0.25, 0.3) is 0 Å². The molecule has 136 valence electrons. The normalized spacial score (nSPS) is 22.2. The molecule has 0 spiro atoms. The molecule has 1 fully saturated rings. The molecule has 1 aromatic carbocycles. The van der Waals surface area contributed by atoms with Crippen molar-refractivity contribution < 1.29 is 4.79 Å². The molecule has 2 aliphatic rings. The summed E-state index contributed by atoms with van der Waals surface area (Å²) in [4.78, 5) is 12.4. The molecule has 1 amide bonds. The Morgan fingerprint density at radius 3 is 2.58 bits per heavy atom. The van der Waals surface area contributed by atoms with Gasteiger partial charge in [-0.15, -0.1) is 0 Å². The quantitative estimate of drug-likeness (QED) is 0.474. The molecule has 26 heavy (non-hydrogen) atoms. The Morgan fingerprint density at radius 2 is 1.85 bits per heavy atom. The number of hydrogen-bond acceptors (Lipinski definition) is 4.